The Kier molecular flexibility index (Phi) is 5.03. The van der Waals surface area contributed by atoms with Crippen molar-refractivity contribution in [3.8, 4) is 0 Å². The van der Waals surface area contributed by atoms with Crippen LogP contribution in [0.25, 0.3) is 0 Å². The molecule has 1 heterocycles. The van der Waals surface area contributed by atoms with Crippen molar-refractivity contribution in [3.63, 3.8) is 0 Å². The zero-order valence-electron chi connectivity index (χ0n) is 10.6. The van der Waals surface area contributed by atoms with Crippen molar-refractivity contribution in [2.75, 3.05) is 0 Å². The summed E-state index contributed by atoms with van der Waals surface area (Å²) in [4.78, 5) is 1.95. The molecule has 1 aliphatic heterocycles. The summed E-state index contributed by atoms with van der Waals surface area (Å²) in [5.41, 5.74) is 2.55. The Morgan fingerprint density at radius 2 is 2.00 bits per heavy atom. The Morgan fingerprint density at radius 1 is 1.25 bits per heavy atom. The van der Waals surface area contributed by atoms with E-state index in [0.29, 0.717) is 5.84 Å². The molecule has 0 saturated carbocycles. The fraction of sp³-hybridized carbons (Fsp3) is 0.500. The quantitative estimate of drug-likeness (QED) is 0.427. The van der Waals surface area contributed by atoms with Gasteiger partial charge in [0.1, 0.15) is 5.84 Å². The van der Waals surface area contributed by atoms with Gasteiger partial charge in [0.05, 0.1) is 0 Å². The van der Waals surface area contributed by atoms with Crippen LogP contribution in [0.1, 0.15) is 46.5 Å². The van der Waals surface area contributed by atoms with Crippen molar-refractivity contribution in [3.05, 3.63) is 35.7 Å². The van der Waals surface area contributed by atoms with Crippen LogP contribution in [0.15, 0.2) is 35.7 Å². The monoisotopic (exact) mass is 218 g/mol. The lowest BCUT2D eigenvalue weighted by atomic mass is 10.0. The molecule has 1 rings (SSSR count). The minimum absolute atomic E-state index is 0.574. The van der Waals surface area contributed by atoms with E-state index in [2.05, 4.69) is 19.9 Å². The zero-order valence-corrected chi connectivity index (χ0v) is 10.6. The molecule has 0 aromatic heterocycles. The van der Waals surface area contributed by atoms with Crippen molar-refractivity contribution in [2.45, 2.75) is 46.5 Å². The van der Waals surface area contributed by atoms with Crippen LogP contribution >= 0.6 is 0 Å². The lowest BCUT2D eigenvalue weighted by Gasteiger charge is -2.24. The second-order valence-corrected chi connectivity index (χ2v) is 4.28. The highest BCUT2D eigenvalue weighted by molar-refractivity contribution is 5.80. The highest BCUT2D eigenvalue weighted by atomic mass is 15.2. The van der Waals surface area contributed by atoms with Crippen LogP contribution < -0.4 is 0 Å². The van der Waals surface area contributed by atoms with E-state index in [1.54, 1.807) is 0 Å². The lowest BCUT2D eigenvalue weighted by molar-refractivity contribution is 0.655. The largest absolute Gasteiger partial charge is 0.306 e. The number of amidine groups is 1. The molecule has 0 amide bonds. The molecule has 0 fully saturated rings. The summed E-state index contributed by atoms with van der Waals surface area (Å²) in [7, 11) is 0. The van der Waals surface area contributed by atoms with Crippen LogP contribution in [-0.4, -0.2) is 10.7 Å². The van der Waals surface area contributed by atoms with Gasteiger partial charge in [-0.2, -0.15) is 0 Å². The molecule has 0 aliphatic carbocycles. The molecule has 1 aliphatic rings. The summed E-state index contributed by atoms with van der Waals surface area (Å²) >= 11 is 0. The van der Waals surface area contributed by atoms with Gasteiger partial charge in [-0.25, -0.2) is 0 Å². The molecular formula is C14H22N2. The van der Waals surface area contributed by atoms with E-state index >= 15 is 0 Å². The second-order valence-electron chi connectivity index (χ2n) is 4.28. The molecule has 0 radical (unpaired) electrons. The maximum atomic E-state index is 7.73. The molecule has 0 aromatic carbocycles. The van der Waals surface area contributed by atoms with Crippen LogP contribution in [-0.2, 0) is 0 Å². The van der Waals surface area contributed by atoms with Gasteiger partial charge in [-0.3, -0.25) is 5.41 Å². The molecule has 2 nitrogen and oxygen atoms in total. The number of unbranched alkanes of at least 4 members (excludes halogenated alkanes) is 2. The maximum Gasteiger partial charge on any atom is 0.101 e. The van der Waals surface area contributed by atoms with Crippen LogP contribution in [0, 0.1) is 5.41 Å². The van der Waals surface area contributed by atoms with Crippen molar-refractivity contribution in [1.29, 1.82) is 5.41 Å². The number of allylic oxidation sites excluding steroid dienone is 4. The molecule has 88 valence electrons. The molecule has 1 N–H and O–H groups in total. The Hall–Kier alpha value is -1.31. The van der Waals surface area contributed by atoms with E-state index in [9.17, 15) is 0 Å². The third-order valence-electron chi connectivity index (χ3n) is 2.81. The van der Waals surface area contributed by atoms with Gasteiger partial charge < -0.3 is 4.90 Å². The van der Waals surface area contributed by atoms with Gasteiger partial charge in [-0.15, -0.1) is 0 Å². The Bertz CT molecular complexity index is 335. The van der Waals surface area contributed by atoms with Crippen LogP contribution in [0.3, 0.4) is 0 Å². The highest BCUT2D eigenvalue weighted by Crippen LogP contribution is 2.21. The number of rotatable bonds is 4. The van der Waals surface area contributed by atoms with Gasteiger partial charge in [0, 0.05) is 11.9 Å². The Labute approximate surface area is 98.9 Å². The first kappa shape index (κ1) is 12.8. The molecule has 16 heavy (non-hydrogen) atoms. The van der Waals surface area contributed by atoms with Gasteiger partial charge in [-0.1, -0.05) is 25.8 Å². The summed E-state index contributed by atoms with van der Waals surface area (Å²) in [6.07, 6.45) is 13.0. The number of nitrogens with one attached hydrogen (secondary N) is 1. The molecule has 0 aromatic rings. The lowest BCUT2D eigenvalue weighted by Crippen LogP contribution is -2.23. The second kappa shape index (κ2) is 6.31. The Balaban J connectivity index is 2.74. The van der Waals surface area contributed by atoms with Crippen molar-refractivity contribution in [2.24, 2.45) is 0 Å². The average molecular weight is 218 g/mol. The third-order valence-corrected chi connectivity index (χ3v) is 2.81. The van der Waals surface area contributed by atoms with Crippen LogP contribution in [0.4, 0.5) is 0 Å². The topological polar surface area (TPSA) is 27.1 Å². The average Bonchev–Trinajstić information content (AvgIpc) is 2.29. The van der Waals surface area contributed by atoms with Gasteiger partial charge in [0.15, 0.2) is 0 Å². The van der Waals surface area contributed by atoms with Crippen molar-refractivity contribution < 1.29 is 0 Å². The molecule has 2 heteroatoms. The molecule has 0 spiro atoms. The van der Waals surface area contributed by atoms with E-state index in [-0.39, 0.29) is 0 Å². The maximum absolute atomic E-state index is 7.73. The van der Waals surface area contributed by atoms with Gasteiger partial charge in [0.2, 0.25) is 0 Å². The normalized spacial score (nSPS) is 17.8. The number of nitrogens with zero attached hydrogens (tertiary/aromatic N) is 1. The van der Waals surface area contributed by atoms with E-state index in [0.717, 1.165) is 6.42 Å². The van der Waals surface area contributed by atoms with E-state index in [4.69, 9.17) is 5.41 Å². The molecule has 0 unspecified atom stereocenters. The molecule has 0 atom stereocenters. The molecular weight excluding hydrogens is 196 g/mol. The number of hydrogen-bond donors (Lipinski definition) is 1. The van der Waals surface area contributed by atoms with Crippen molar-refractivity contribution >= 4 is 5.84 Å². The van der Waals surface area contributed by atoms with Crippen molar-refractivity contribution in [1.82, 2.24) is 4.90 Å². The zero-order chi connectivity index (χ0) is 12.0. The Morgan fingerprint density at radius 3 is 2.62 bits per heavy atom. The third kappa shape index (κ3) is 3.37. The summed E-state index contributed by atoms with van der Waals surface area (Å²) in [6.45, 7) is 6.22. The first-order chi connectivity index (χ1) is 7.66. The molecule has 0 bridgehead atoms. The summed E-state index contributed by atoms with van der Waals surface area (Å²) in [5, 5.41) is 7.73. The predicted molar refractivity (Wildman–Crippen MR) is 70.4 cm³/mol. The van der Waals surface area contributed by atoms with Crippen LogP contribution in [0.5, 0.6) is 0 Å². The summed E-state index contributed by atoms with van der Waals surface area (Å²) < 4.78 is 0. The first-order valence-electron chi connectivity index (χ1n) is 6.05. The minimum atomic E-state index is 0.574. The van der Waals surface area contributed by atoms with Gasteiger partial charge in [-0.05, 0) is 44.4 Å². The standard InChI is InChI=1S/C14H22N2/c1-4-5-6-9-12(2)14-10-7-8-11-16(14)13(3)15/h7-8,10-11,15H,4-6,9H2,1-3H3/b14-12+,15-13?. The summed E-state index contributed by atoms with van der Waals surface area (Å²) in [5.74, 6) is 0.574. The predicted octanol–water partition coefficient (Wildman–Crippen LogP) is 4.22. The minimum Gasteiger partial charge on any atom is -0.306 e. The summed E-state index contributed by atoms with van der Waals surface area (Å²) in [6, 6.07) is 0. The van der Waals surface area contributed by atoms with E-state index < -0.39 is 0 Å². The highest BCUT2D eigenvalue weighted by Gasteiger charge is 2.11. The smallest absolute Gasteiger partial charge is 0.101 e. The molecule has 0 saturated heterocycles. The van der Waals surface area contributed by atoms with Gasteiger partial charge >= 0.3 is 0 Å². The van der Waals surface area contributed by atoms with Gasteiger partial charge in [0.25, 0.3) is 0 Å². The van der Waals surface area contributed by atoms with E-state index in [1.807, 2.05) is 30.2 Å². The SMILES string of the molecule is CCCCC/C(C)=C1\C=CC=CN1C(C)=N. The number of hydrogen-bond acceptors (Lipinski definition) is 1. The fourth-order valence-electron chi connectivity index (χ4n) is 1.85. The van der Waals surface area contributed by atoms with E-state index in [1.165, 1.54) is 30.5 Å². The van der Waals surface area contributed by atoms with Crippen LogP contribution in [0.2, 0.25) is 0 Å². The fourth-order valence-corrected chi connectivity index (χ4v) is 1.85. The first-order valence-corrected chi connectivity index (χ1v) is 6.05.